The molecule has 240 valence electrons. The summed E-state index contributed by atoms with van der Waals surface area (Å²) in [5.41, 5.74) is 14.2. The highest BCUT2D eigenvalue weighted by atomic mass is 16.3. The van der Waals surface area contributed by atoms with Gasteiger partial charge in [0.2, 0.25) is 0 Å². The molecular weight excluding hydrogens is 623 g/mol. The van der Waals surface area contributed by atoms with Gasteiger partial charge >= 0.3 is 0 Å². The summed E-state index contributed by atoms with van der Waals surface area (Å²) < 4.78 is 9.01. The van der Waals surface area contributed by atoms with Crippen LogP contribution in [0.15, 0.2) is 156 Å². The molecule has 0 amide bonds. The molecule has 0 unspecified atom stereocenters. The van der Waals surface area contributed by atoms with Gasteiger partial charge in [0.1, 0.15) is 11.2 Å². The Morgan fingerprint density at radius 2 is 1.25 bits per heavy atom. The Balaban J connectivity index is 1.10. The van der Waals surface area contributed by atoms with Crippen LogP contribution in [-0.4, -0.2) is 14.5 Å². The van der Waals surface area contributed by atoms with E-state index in [0.717, 1.165) is 55.8 Å². The minimum absolute atomic E-state index is 0.193. The van der Waals surface area contributed by atoms with E-state index in [2.05, 4.69) is 146 Å². The van der Waals surface area contributed by atoms with Crippen LogP contribution in [0.5, 0.6) is 0 Å². The van der Waals surface area contributed by atoms with Gasteiger partial charge in [-0.1, -0.05) is 111 Å². The number of fused-ring (bicyclic) bond motifs is 11. The molecule has 7 aromatic carbocycles. The lowest BCUT2D eigenvalue weighted by atomic mass is 9.82. The predicted octanol–water partition coefficient (Wildman–Crippen LogP) is 12.3. The first-order valence-corrected chi connectivity index (χ1v) is 17.5. The average molecular weight is 654 g/mol. The first kappa shape index (κ1) is 28.3. The molecular formula is C47H31N3O. The van der Waals surface area contributed by atoms with Crippen molar-refractivity contribution < 1.29 is 4.42 Å². The van der Waals surface area contributed by atoms with Gasteiger partial charge in [0.15, 0.2) is 5.82 Å². The van der Waals surface area contributed by atoms with Gasteiger partial charge in [-0.3, -0.25) is 0 Å². The van der Waals surface area contributed by atoms with Crippen LogP contribution in [0.4, 0.5) is 0 Å². The Hall–Kier alpha value is -6.52. The first-order valence-electron chi connectivity index (χ1n) is 17.5. The van der Waals surface area contributed by atoms with Gasteiger partial charge in [-0.2, -0.15) is 0 Å². The molecule has 10 aromatic rings. The molecule has 0 N–H and O–H groups in total. The summed E-state index contributed by atoms with van der Waals surface area (Å²) in [6, 6.07) is 53.8. The molecule has 3 heterocycles. The van der Waals surface area contributed by atoms with Gasteiger partial charge in [0, 0.05) is 54.7 Å². The minimum Gasteiger partial charge on any atom is -0.455 e. The van der Waals surface area contributed by atoms with Gasteiger partial charge in [0.25, 0.3) is 0 Å². The van der Waals surface area contributed by atoms with Gasteiger partial charge in [-0.25, -0.2) is 9.97 Å². The lowest BCUT2D eigenvalue weighted by Gasteiger charge is -2.21. The van der Waals surface area contributed by atoms with E-state index in [1.54, 1.807) is 0 Å². The van der Waals surface area contributed by atoms with Crippen LogP contribution in [0.3, 0.4) is 0 Å². The molecule has 0 fully saturated rings. The second-order valence-corrected chi connectivity index (χ2v) is 14.2. The number of hydrogen-bond acceptors (Lipinski definition) is 3. The molecule has 0 saturated heterocycles. The van der Waals surface area contributed by atoms with Crippen molar-refractivity contribution >= 4 is 54.6 Å². The molecule has 1 aliphatic rings. The quantitative estimate of drug-likeness (QED) is 0.191. The molecule has 0 radical (unpaired) electrons. The normalized spacial score (nSPS) is 13.5. The van der Waals surface area contributed by atoms with Crippen molar-refractivity contribution in [1.29, 1.82) is 0 Å². The summed E-state index contributed by atoms with van der Waals surface area (Å²) in [5.74, 6) is 0.718. The van der Waals surface area contributed by atoms with Gasteiger partial charge < -0.3 is 8.98 Å². The standard InChI is InChI=1S/C47H31N3O/c1-47(2)37-25-24-33-32-15-8-11-19-42(32)51-45(33)43(37)36-26-35-31-14-7-10-18-40(31)50(41(35)27-38(36)47)30-22-20-29(21-23-30)46-48-39-17-9-6-16-34(39)44(49-46)28-12-4-3-5-13-28/h3-27H,1-2H3. The fraction of sp³-hybridized carbons (Fsp3) is 0.0638. The molecule has 51 heavy (non-hydrogen) atoms. The van der Waals surface area contributed by atoms with E-state index < -0.39 is 0 Å². The largest absolute Gasteiger partial charge is 0.455 e. The van der Waals surface area contributed by atoms with Gasteiger partial charge in [0.05, 0.1) is 22.2 Å². The Labute approximate surface area is 294 Å². The number of aromatic nitrogens is 3. The zero-order valence-electron chi connectivity index (χ0n) is 28.2. The molecule has 0 saturated carbocycles. The van der Waals surface area contributed by atoms with Crippen LogP contribution in [0, 0.1) is 0 Å². The summed E-state index contributed by atoms with van der Waals surface area (Å²) >= 11 is 0. The fourth-order valence-corrected chi connectivity index (χ4v) is 8.52. The molecule has 3 aromatic heterocycles. The van der Waals surface area contributed by atoms with Crippen molar-refractivity contribution in [3.63, 3.8) is 0 Å². The maximum absolute atomic E-state index is 6.61. The number of nitrogens with zero attached hydrogens (tertiary/aromatic N) is 3. The number of benzene rings is 7. The molecule has 4 nitrogen and oxygen atoms in total. The zero-order valence-corrected chi connectivity index (χ0v) is 28.2. The van der Waals surface area contributed by atoms with Crippen molar-refractivity contribution in [3.8, 4) is 39.5 Å². The summed E-state index contributed by atoms with van der Waals surface area (Å²) in [7, 11) is 0. The fourth-order valence-electron chi connectivity index (χ4n) is 8.52. The van der Waals surface area contributed by atoms with E-state index in [1.165, 1.54) is 49.4 Å². The van der Waals surface area contributed by atoms with E-state index in [0.29, 0.717) is 0 Å². The number of hydrogen-bond donors (Lipinski definition) is 0. The Morgan fingerprint density at radius 3 is 2.10 bits per heavy atom. The third kappa shape index (κ3) is 3.96. The van der Waals surface area contributed by atoms with Crippen LogP contribution in [0.1, 0.15) is 25.0 Å². The highest BCUT2D eigenvalue weighted by Gasteiger charge is 2.38. The van der Waals surface area contributed by atoms with Crippen LogP contribution >= 0.6 is 0 Å². The van der Waals surface area contributed by atoms with Crippen molar-refractivity contribution in [2.75, 3.05) is 0 Å². The van der Waals surface area contributed by atoms with Gasteiger partial charge in [-0.15, -0.1) is 0 Å². The van der Waals surface area contributed by atoms with Crippen molar-refractivity contribution in [3.05, 3.63) is 163 Å². The monoisotopic (exact) mass is 653 g/mol. The molecule has 0 spiro atoms. The SMILES string of the molecule is CC1(C)c2cc3c(cc2-c2c1ccc1c2oc2ccccc21)c1ccccc1n3-c1ccc(-c2nc(-c3ccccc3)c3ccccc3n2)cc1. The van der Waals surface area contributed by atoms with Crippen molar-refractivity contribution in [2.45, 2.75) is 19.3 Å². The summed E-state index contributed by atoms with van der Waals surface area (Å²) in [4.78, 5) is 10.1. The van der Waals surface area contributed by atoms with E-state index in [9.17, 15) is 0 Å². The minimum atomic E-state index is -0.193. The van der Waals surface area contributed by atoms with E-state index in [1.807, 2.05) is 24.3 Å². The molecule has 11 rings (SSSR count). The van der Waals surface area contributed by atoms with Crippen LogP contribution in [0.25, 0.3) is 94.1 Å². The number of para-hydroxylation sites is 3. The van der Waals surface area contributed by atoms with E-state index in [4.69, 9.17) is 14.4 Å². The lowest BCUT2D eigenvalue weighted by Crippen LogP contribution is -2.15. The second-order valence-electron chi connectivity index (χ2n) is 14.2. The molecule has 0 bridgehead atoms. The maximum Gasteiger partial charge on any atom is 0.160 e. The van der Waals surface area contributed by atoms with Crippen LogP contribution < -0.4 is 0 Å². The molecule has 0 atom stereocenters. The summed E-state index contributed by atoms with van der Waals surface area (Å²) in [6.07, 6.45) is 0. The summed E-state index contributed by atoms with van der Waals surface area (Å²) in [5, 5.41) is 5.84. The molecule has 0 aliphatic heterocycles. The van der Waals surface area contributed by atoms with E-state index in [-0.39, 0.29) is 5.41 Å². The highest BCUT2D eigenvalue weighted by molar-refractivity contribution is 6.15. The smallest absolute Gasteiger partial charge is 0.160 e. The molecule has 1 aliphatic carbocycles. The predicted molar refractivity (Wildman–Crippen MR) is 210 cm³/mol. The average Bonchev–Trinajstić information content (AvgIpc) is 3.79. The van der Waals surface area contributed by atoms with E-state index >= 15 is 0 Å². The maximum atomic E-state index is 6.61. The van der Waals surface area contributed by atoms with Crippen LogP contribution in [0.2, 0.25) is 0 Å². The van der Waals surface area contributed by atoms with Crippen molar-refractivity contribution in [2.24, 2.45) is 0 Å². The number of rotatable bonds is 3. The molecule has 4 heteroatoms. The Bertz CT molecular complexity index is 3040. The Kier molecular flexibility index (Phi) is 5.70. The topological polar surface area (TPSA) is 43.9 Å². The zero-order chi connectivity index (χ0) is 33.8. The summed E-state index contributed by atoms with van der Waals surface area (Å²) in [6.45, 7) is 4.68. The highest BCUT2D eigenvalue weighted by Crippen LogP contribution is 2.54. The second kappa shape index (κ2) is 10.3. The number of furan rings is 1. The Morgan fingerprint density at radius 1 is 0.529 bits per heavy atom. The third-order valence-electron chi connectivity index (χ3n) is 11.0. The third-order valence-corrected chi connectivity index (χ3v) is 11.0. The van der Waals surface area contributed by atoms with Crippen molar-refractivity contribution in [1.82, 2.24) is 14.5 Å². The van der Waals surface area contributed by atoms with Gasteiger partial charge in [-0.05, 0) is 71.3 Å². The van der Waals surface area contributed by atoms with Crippen LogP contribution in [-0.2, 0) is 5.41 Å². The lowest BCUT2D eigenvalue weighted by molar-refractivity contribution is 0.653. The first-order chi connectivity index (χ1) is 25.0.